The third kappa shape index (κ3) is 9.26. The molecular formula is C27H53N7O9. The van der Waals surface area contributed by atoms with Crippen LogP contribution in [0, 0.1) is 0 Å². The van der Waals surface area contributed by atoms with Crippen LogP contribution in [-0.4, -0.2) is 139 Å². The van der Waals surface area contributed by atoms with Crippen molar-refractivity contribution >= 4 is 5.91 Å². The molecule has 3 rings (SSSR count). The summed E-state index contributed by atoms with van der Waals surface area (Å²) >= 11 is 0. The minimum Gasteiger partial charge on any atom is -0.467 e. The Bertz CT molecular complexity index is 901. The molecule has 0 aromatic heterocycles. The summed E-state index contributed by atoms with van der Waals surface area (Å²) in [6.45, 7) is 2.86. The number of unbranched alkanes of at least 4 members (excludes halogenated alkanes) is 1. The molecule has 2 heterocycles. The number of nitrogens with one attached hydrogen (secondary N) is 3. The fourth-order valence-corrected chi connectivity index (χ4v) is 5.82. The van der Waals surface area contributed by atoms with Gasteiger partial charge in [0.15, 0.2) is 6.29 Å². The molecule has 1 saturated heterocycles. The number of amides is 1. The van der Waals surface area contributed by atoms with E-state index >= 15 is 0 Å². The lowest BCUT2D eigenvalue weighted by molar-refractivity contribution is -0.304. The van der Waals surface area contributed by atoms with Crippen LogP contribution in [0.5, 0.6) is 0 Å². The van der Waals surface area contributed by atoms with Gasteiger partial charge in [0, 0.05) is 6.04 Å². The number of ether oxygens (including phenoxy) is 4. The number of nitrogens with two attached hydrogens (primary N) is 4. The maximum Gasteiger partial charge on any atom is 0.249 e. The number of likely N-dealkylation sites (N-methyl/N-ethyl adjacent to an activating group) is 1. The second-order valence-corrected chi connectivity index (χ2v) is 11.7. The van der Waals surface area contributed by atoms with Crippen molar-refractivity contribution in [3.63, 3.8) is 0 Å². The van der Waals surface area contributed by atoms with E-state index < -0.39 is 72.7 Å². The standard InChI is InChI=1S/C27H53N7O9/c1-27(39)13-40-26(20(37)23(27)32-2)43-22-17(34-24(38)18(35)7-9-29)11-15(31)21(19(22)36)42-25-16(33-10-4-3-8-28)6-5-14(12-30)41-25/h5,15-23,25-26,32-33,35-37,39H,3-4,6-13,28-31H2,1-2H3,(H,34,38)/t15-,16+,17+,18-,19-,20+,21+,22-,23+,25+,26+,27-/m0/s1. The fraction of sp³-hybridized carbons (Fsp3) is 0.889. The Labute approximate surface area is 252 Å². The number of aliphatic hydroxyl groups is 4. The number of hydrogen-bond acceptors (Lipinski definition) is 15. The minimum atomic E-state index is -1.43. The van der Waals surface area contributed by atoms with Gasteiger partial charge in [-0.2, -0.15) is 0 Å². The van der Waals surface area contributed by atoms with Gasteiger partial charge in [-0.3, -0.25) is 4.79 Å². The van der Waals surface area contributed by atoms with Crippen LogP contribution in [0.4, 0.5) is 0 Å². The van der Waals surface area contributed by atoms with E-state index in [2.05, 4.69) is 16.0 Å². The molecule has 250 valence electrons. The Balaban J connectivity index is 1.82. The molecule has 0 radical (unpaired) electrons. The average Bonchev–Trinajstić information content (AvgIpc) is 2.97. The summed E-state index contributed by atoms with van der Waals surface area (Å²) in [5.41, 5.74) is 22.1. The largest absolute Gasteiger partial charge is 0.467 e. The molecule has 0 aromatic carbocycles. The van der Waals surface area contributed by atoms with Gasteiger partial charge in [-0.1, -0.05) is 0 Å². The highest BCUT2D eigenvalue weighted by Crippen LogP contribution is 2.32. The van der Waals surface area contributed by atoms with E-state index in [1.54, 1.807) is 7.05 Å². The van der Waals surface area contributed by atoms with Gasteiger partial charge in [0.1, 0.15) is 41.9 Å². The Morgan fingerprint density at radius 1 is 1.12 bits per heavy atom. The van der Waals surface area contributed by atoms with Crippen LogP contribution in [0.15, 0.2) is 11.8 Å². The van der Waals surface area contributed by atoms with Crippen LogP contribution in [0.3, 0.4) is 0 Å². The maximum atomic E-state index is 12.8. The van der Waals surface area contributed by atoms with Crippen molar-refractivity contribution in [1.29, 1.82) is 0 Å². The second-order valence-electron chi connectivity index (χ2n) is 11.7. The smallest absolute Gasteiger partial charge is 0.249 e. The number of aliphatic hydroxyl groups excluding tert-OH is 3. The number of carbonyl (C=O) groups excluding carboxylic acids is 1. The SMILES string of the molecule is CN[C@@H]1[C@@H](O)[C@@H](O[C@@H]2[C@@H](O)[C@H](O[C@H]3OC(CN)=CC[C@H]3NCCCCN)[C@@H](N)C[C@H]2NC(=O)[C@@H](O)CCN)OC[C@]1(C)O. The number of rotatable bonds is 15. The minimum absolute atomic E-state index is 0.0312. The van der Waals surface area contributed by atoms with E-state index in [9.17, 15) is 25.2 Å². The normalized spacial score (nSPS) is 39.1. The second kappa shape index (κ2) is 16.7. The van der Waals surface area contributed by atoms with E-state index in [-0.39, 0.29) is 38.6 Å². The van der Waals surface area contributed by atoms with E-state index in [0.717, 1.165) is 12.8 Å². The molecule has 2 fully saturated rings. The lowest BCUT2D eigenvalue weighted by Gasteiger charge is -2.49. The van der Waals surface area contributed by atoms with Crippen molar-refractivity contribution in [3.8, 4) is 0 Å². The first-order chi connectivity index (χ1) is 20.5. The average molecular weight is 620 g/mol. The molecule has 15 N–H and O–H groups in total. The van der Waals surface area contributed by atoms with E-state index in [4.69, 9.17) is 41.9 Å². The quantitative estimate of drug-likeness (QED) is 0.0769. The maximum absolute atomic E-state index is 12.8. The molecule has 1 saturated carbocycles. The van der Waals surface area contributed by atoms with Crippen molar-refractivity contribution in [2.24, 2.45) is 22.9 Å². The van der Waals surface area contributed by atoms with Crippen LogP contribution in [0.25, 0.3) is 0 Å². The van der Waals surface area contributed by atoms with Gasteiger partial charge in [0.05, 0.1) is 31.3 Å². The molecule has 12 atom stereocenters. The summed E-state index contributed by atoms with van der Waals surface area (Å²) < 4.78 is 24.1. The topological polar surface area (TPSA) is 275 Å². The van der Waals surface area contributed by atoms with Crippen molar-refractivity contribution in [3.05, 3.63) is 11.8 Å². The lowest BCUT2D eigenvalue weighted by atomic mass is 9.83. The molecule has 2 aliphatic heterocycles. The van der Waals surface area contributed by atoms with Crippen molar-refractivity contribution in [2.75, 3.05) is 39.8 Å². The predicted octanol–water partition coefficient (Wildman–Crippen LogP) is -4.61. The van der Waals surface area contributed by atoms with E-state index in [1.807, 2.05) is 6.08 Å². The molecule has 0 spiro atoms. The summed E-state index contributed by atoms with van der Waals surface area (Å²) in [4.78, 5) is 12.8. The van der Waals surface area contributed by atoms with Crippen molar-refractivity contribution in [1.82, 2.24) is 16.0 Å². The first-order valence-corrected chi connectivity index (χ1v) is 15.1. The Morgan fingerprint density at radius 3 is 2.49 bits per heavy atom. The van der Waals surface area contributed by atoms with Gasteiger partial charge in [-0.15, -0.1) is 0 Å². The third-order valence-corrected chi connectivity index (χ3v) is 8.25. The Kier molecular flexibility index (Phi) is 14.0. The molecule has 1 aliphatic carbocycles. The van der Waals surface area contributed by atoms with Gasteiger partial charge in [-0.05, 0) is 71.8 Å². The van der Waals surface area contributed by atoms with Gasteiger partial charge >= 0.3 is 0 Å². The molecule has 3 aliphatic rings. The highest BCUT2D eigenvalue weighted by atomic mass is 16.7. The number of carbonyl (C=O) groups is 1. The van der Waals surface area contributed by atoms with Crippen LogP contribution >= 0.6 is 0 Å². The van der Waals surface area contributed by atoms with E-state index in [0.29, 0.717) is 25.3 Å². The van der Waals surface area contributed by atoms with Crippen LogP contribution in [-0.2, 0) is 23.7 Å². The monoisotopic (exact) mass is 619 g/mol. The van der Waals surface area contributed by atoms with Gasteiger partial charge < -0.3 is 78.3 Å². The summed E-state index contributed by atoms with van der Waals surface area (Å²) in [6.07, 6.45) is -4.19. The third-order valence-electron chi connectivity index (χ3n) is 8.25. The molecule has 0 unspecified atom stereocenters. The molecule has 0 bridgehead atoms. The van der Waals surface area contributed by atoms with Gasteiger partial charge in [0.25, 0.3) is 0 Å². The highest BCUT2D eigenvalue weighted by molar-refractivity contribution is 5.80. The van der Waals surface area contributed by atoms with Crippen LogP contribution in [0.1, 0.15) is 39.0 Å². The zero-order valence-corrected chi connectivity index (χ0v) is 25.1. The first-order valence-electron chi connectivity index (χ1n) is 15.1. The predicted molar refractivity (Wildman–Crippen MR) is 156 cm³/mol. The van der Waals surface area contributed by atoms with Crippen LogP contribution in [0.2, 0.25) is 0 Å². The van der Waals surface area contributed by atoms with Crippen molar-refractivity contribution in [2.45, 2.75) is 112 Å². The zero-order valence-electron chi connectivity index (χ0n) is 25.1. The summed E-state index contributed by atoms with van der Waals surface area (Å²) in [6, 6.07) is -2.77. The van der Waals surface area contributed by atoms with Crippen molar-refractivity contribution < 1.29 is 44.2 Å². The molecule has 43 heavy (non-hydrogen) atoms. The number of hydrogen-bond donors (Lipinski definition) is 11. The molecule has 1 amide bonds. The summed E-state index contributed by atoms with van der Waals surface area (Å²) in [5.74, 6) is -0.168. The molecule has 16 heteroatoms. The lowest BCUT2D eigenvalue weighted by Crippen LogP contribution is -2.69. The van der Waals surface area contributed by atoms with Crippen LogP contribution < -0.4 is 38.9 Å². The summed E-state index contributed by atoms with van der Waals surface area (Å²) in [7, 11) is 1.58. The highest BCUT2D eigenvalue weighted by Gasteiger charge is 2.52. The van der Waals surface area contributed by atoms with E-state index in [1.165, 1.54) is 6.92 Å². The first kappa shape index (κ1) is 36.0. The zero-order chi connectivity index (χ0) is 31.7. The van der Waals surface area contributed by atoms with Gasteiger partial charge in [0.2, 0.25) is 12.2 Å². The Morgan fingerprint density at radius 2 is 1.84 bits per heavy atom. The molecule has 0 aromatic rings. The Hall–Kier alpha value is -1.51. The fourth-order valence-electron chi connectivity index (χ4n) is 5.82. The molecular weight excluding hydrogens is 566 g/mol. The summed E-state index contributed by atoms with van der Waals surface area (Å²) in [5, 5.41) is 52.5. The molecule has 16 nitrogen and oxygen atoms in total. The van der Waals surface area contributed by atoms with Gasteiger partial charge in [-0.25, -0.2) is 0 Å².